The summed E-state index contributed by atoms with van der Waals surface area (Å²) in [5, 5.41) is 2.91. The zero-order valence-electron chi connectivity index (χ0n) is 10.2. The zero-order chi connectivity index (χ0) is 14.6. The van der Waals surface area contributed by atoms with Crippen molar-refractivity contribution >= 4 is 23.4 Å². The lowest BCUT2D eigenvalue weighted by Crippen LogP contribution is -2.05. The number of alkyl halides is 3. The molecular weight excluding hydrogens is 289 g/mol. The molecule has 2 aromatic rings. The Morgan fingerprint density at radius 1 is 1.15 bits per heavy atom. The highest BCUT2D eigenvalue weighted by Crippen LogP contribution is 2.31. The molecule has 1 aromatic heterocycles. The van der Waals surface area contributed by atoms with Crippen molar-refractivity contribution in [2.45, 2.75) is 6.18 Å². The predicted octanol–water partition coefficient (Wildman–Crippen LogP) is 4.84. The molecule has 2 nitrogen and oxygen atoms in total. The first-order valence-corrected chi connectivity index (χ1v) is 6.05. The average molecular weight is 299 g/mol. The highest BCUT2D eigenvalue weighted by Gasteiger charge is 2.31. The largest absolute Gasteiger partial charge is 0.417 e. The van der Waals surface area contributed by atoms with Crippen molar-refractivity contribution in [3.63, 3.8) is 0 Å². The third kappa shape index (κ3) is 3.74. The molecule has 0 unspecified atom stereocenters. The number of anilines is 1. The third-order valence-electron chi connectivity index (χ3n) is 2.46. The van der Waals surface area contributed by atoms with Crippen LogP contribution >= 0.6 is 11.6 Å². The summed E-state index contributed by atoms with van der Waals surface area (Å²) in [7, 11) is 0. The Labute approximate surface area is 118 Å². The maximum absolute atomic E-state index is 12.4. The van der Waals surface area contributed by atoms with Gasteiger partial charge in [-0.05, 0) is 24.3 Å². The molecule has 0 aliphatic rings. The fourth-order valence-corrected chi connectivity index (χ4v) is 1.71. The van der Waals surface area contributed by atoms with Gasteiger partial charge >= 0.3 is 6.18 Å². The average Bonchev–Trinajstić information content (AvgIpc) is 2.40. The topological polar surface area (TPSA) is 24.9 Å². The summed E-state index contributed by atoms with van der Waals surface area (Å²) in [5.41, 5.74) is 0.255. The number of pyridine rings is 1. The maximum Gasteiger partial charge on any atom is 0.417 e. The second-order valence-corrected chi connectivity index (χ2v) is 4.34. The molecule has 0 aliphatic heterocycles. The minimum absolute atomic E-state index is 0.0501. The highest BCUT2D eigenvalue weighted by atomic mass is 35.5. The first kappa shape index (κ1) is 14.4. The molecule has 0 fully saturated rings. The number of benzene rings is 1. The zero-order valence-corrected chi connectivity index (χ0v) is 10.9. The van der Waals surface area contributed by atoms with Crippen molar-refractivity contribution in [3.05, 3.63) is 65.1 Å². The van der Waals surface area contributed by atoms with Gasteiger partial charge in [0, 0.05) is 18.1 Å². The van der Waals surface area contributed by atoms with Gasteiger partial charge in [-0.3, -0.25) is 4.98 Å². The van der Waals surface area contributed by atoms with Gasteiger partial charge in [0.15, 0.2) is 0 Å². The monoisotopic (exact) mass is 298 g/mol. The molecule has 1 heterocycles. The Morgan fingerprint density at radius 2 is 1.85 bits per heavy atom. The van der Waals surface area contributed by atoms with Gasteiger partial charge in [-0.25, -0.2) is 0 Å². The number of nitrogens with zero attached hydrogens (tertiary/aromatic N) is 1. The summed E-state index contributed by atoms with van der Waals surface area (Å²) in [5.74, 6) is 0. The predicted molar refractivity (Wildman–Crippen MR) is 73.3 cm³/mol. The Kier molecular flexibility index (Phi) is 4.29. The summed E-state index contributed by atoms with van der Waals surface area (Å²) < 4.78 is 37.3. The highest BCUT2D eigenvalue weighted by molar-refractivity contribution is 6.31. The van der Waals surface area contributed by atoms with Crippen LogP contribution in [0, 0.1) is 0 Å². The molecule has 1 aromatic carbocycles. The molecule has 0 saturated carbocycles. The lowest BCUT2D eigenvalue weighted by molar-refractivity contribution is -0.137. The Balaban J connectivity index is 2.10. The van der Waals surface area contributed by atoms with Gasteiger partial charge in [0.25, 0.3) is 0 Å². The van der Waals surface area contributed by atoms with Crippen molar-refractivity contribution in [1.29, 1.82) is 0 Å². The Bertz CT molecular complexity index is 610. The van der Waals surface area contributed by atoms with Crippen LogP contribution in [0.5, 0.6) is 0 Å². The minimum atomic E-state index is -4.44. The molecule has 0 atom stereocenters. The van der Waals surface area contributed by atoms with Crippen molar-refractivity contribution in [2.75, 3.05) is 5.32 Å². The molecule has 2 rings (SSSR count). The fraction of sp³-hybridized carbons (Fsp3) is 0.0714. The van der Waals surface area contributed by atoms with E-state index in [4.69, 9.17) is 11.6 Å². The first-order valence-electron chi connectivity index (χ1n) is 5.68. The van der Waals surface area contributed by atoms with Gasteiger partial charge in [0.05, 0.1) is 16.3 Å². The molecule has 6 heteroatoms. The van der Waals surface area contributed by atoms with Gasteiger partial charge < -0.3 is 5.32 Å². The van der Waals surface area contributed by atoms with E-state index in [-0.39, 0.29) is 10.7 Å². The second kappa shape index (κ2) is 5.96. The van der Waals surface area contributed by atoms with Crippen LogP contribution < -0.4 is 5.32 Å². The van der Waals surface area contributed by atoms with Crippen LogP contribution in [0.3, 0.4) is 0 Å². The summed E-state index contributed by atoms with van der Waals surface area (Å²) in [6.45, 7) is 0. The molecule has 104 valence electrons. The number of aromatic nitrogens is 1. The van der Waals surface area contributed by atoms with Crippen LogP contribution in [0.4, 0.5) is 18.9 Å². The Morgan fingerprint density at radius 3 is 2.45 bits per heavy atom. The van der Waals surface area contributed by atoms with Crippen LogP contribution in [-0.4, -0.2) is 4.98 Å². The quantitative estimate of drug-likeness (QED) is 0.877. The number of hydrogen-bond acceptors (Lipinski definition) is 2. The van der Waals surface area contributed by atoms with Crippen molar-refractivity contribution in [1.82, 2.24) is 4.98 Å². The Hall–Kier alpha value is -2.01. The van der Waals surface area contributed by atoms with Crippen molar-refractivity contribution in [2.24, 2.45) is 0 Å². The van der Waals surface area contributed by atoms with Crippen LogP contribution in [-0.2, 0) is 6.18 Å². The third-order valence-corrected chi connectivity index (χ3v) is 2.76. The van der Waals surface area contributed by atoms with E-state index < -0.39 is 11.7 Å². The van der Waals surface area contributed by atoms with Crippen LogP contribution in [0.1, 0.15) is 11.3 Å². The van der Waals surface area contributed by atoms with Crippen molar-refractivity contribution in [3.8, 4) is 0 Å². The van der Waals surface area contributed by atoms with Gasteiger partial charge in [-0.1, -0.05) is 29.8 Å². The molecule has 0 aliphatic carbocycles. The van der Waals surface area contributed by atoms with Gasteiger partial charge in [-0.2, -0.15) is 13.2 Å². The summed E-state index contributed by atoms with van der Waals surface area (Å²) in [6.07, 6.45) is -0.610. The summed E-state index contributed by atoms with van der Waals surface area (Å²) >= 11 is 5.78. The van der Waals surface area contributed by atoms with Crippen LogP contribution in [0.2, 0.25) is 5.02 Å². The molecule has 0 amide bonds. The number of hydrogen-bond donors (Lipinski definition) is 1. The van der Waals surface area contributed by atoms with Gasteiger partial charge in [0.1, 0.15) is 0 Å². The summed E-state index contributed by atoms with van der Waals surface area (Å²) in [6, 6.07) is 10.2. The van der Waals surface area contributed by atoms with E-state index in [1.54, 1.807) is 6.20 Å². The SMILES string of the molecule is FC(F)(F)c1cnc(/C=C/Nc2ccccc2)c(Cl)c1. The molecule has 20 heavy (non-hydrogen) atoms. The van der Waals surface area contributed by atoms with E-state index in [2.05, 4.69) is 10.3 Å². The van der Waals surface area contributed by atoms with E-state index >= 15 is 0 Å². The first-order chi connectivity index (χ1) is 9.47. The van der Waals surface area contributed by atoms with Crippen LogP contribution in [0.25, 0.3) is 6.08 Å². The molecule has 0 radical (unpaired) electrons. The van der Waals surface area contributed by atoms with Gasteiger partial charge in [0.2, 0.25) is 0 Å². The second-order valence-electron chi connectivity index (χ2n) is 3.93. The van der Waals surface area contributed by atoms with E-state index in [9.17, 15) is 13.2 Å². The van der Waals surface area contributed by atoms with Crippen LogP contribution in [0.15, 0.2) is 48.8 Å². The number of nitrogens with one attached hydrogen (secondary N) is 1. The molecular formula is C14H10ClF3N2. The van der Waals surface area contributed by atoms with E-state index in [1.165, 1.54) is 6.08 Å². The minimum Gasteiger partial charge on any atom is -0.362 e. The maximum atomic E-state index is 12.4. The van der Waals surface area contributed by atoms with Gasteiger partial charge in [-0.15, -0.1) is 0 Å². The standard InChI is InChI=1S/C14H10ClF3N2/c15-12-8-10(14(16,17)18)9-20-13(12)6-7-19-11-4-2-1-3-5-11/h1-9,19H/b7-6+. The lowest BCUT2D eigenvalue weighted by atomic mass is 10.2. The fourth-order valence-electron chi connectivity index (χ4n) is 1.48. The molecule has 1 N–H and O–H groups in total. The van der Waals surface area contributed by atoms with Crippen molar-refractivity contribution < 1.29 is 13.2 Å². The number of halogens is 4. The smallest absolute Gasteiger partial charge is 0.362 e. The van der Waals surface area contributed by atoms with E-state index in [0.29, 0.717) is 0 Å². The molecule has 0 saturated heterocycles. The molecule has 0 spiro atoms. The van der Waals surface area contributed by atoms with E-state index in [1.807, 2.05) is 30.3 Å². The van der Waals surface area contributed by atoms with E-state index in [0.717, 1.165) is 18.0 Å². The molecule has 0 bridgehead atoms. The number of rotatable bonds is 3. The normalized spacial score (nSPS) is 11.8. The summed E-state index contributed by atoms with van der Waals surface area (Å²) in [4.78, 5) is 3.70. The lowest BCUT2D eigenvalue weighted by Gasteiger charge is -2.07. The number of para-hydroxylation sites is 1.